The van der Waals surface area contributed by atoms with Crippen molar-refractivity contribution in [1.29, 1.82) is 0 Å². The molecule has 1 unspecified atom stereocenters. The third-order valence-corrected chi connectivity index (χ3v) is 2.97. The summed E-state index contributed by atoms with van der Waals surface area (Å²) in [6.45, 7) is 6.65. The number of ether oxygens (including phenoxy) is 1. The van der Waals surface area contributed by atoms with Crippen LogP contribution in [0.25, 0.3) is 0 Å². The molecule has 1 aromatic heterocycles. The van der Waals surface area contributed by atoms with Crippen molar-refractivity contribution in [3.8, 4) is 0 Å². The molecule has 4 heteroatoms. The summed E-state index contributed by atoms with van der Waals surface area (Å²) in [6.07, 6.45) is 5.40. The van der Waals surface area contributed by atoms with E-state index < -0.39 is 0 Å². The lowest BCUT2D eigenvalue weighted by atomic mass is 10.0. The van der Waals surface area contributed by atoms with E-state index in [9.17, 15) is 0 Å². The number of nitrogens with zero attached hydrogens (tertiary/aromatic N) is 1. The normalized spacial score (nSPS) is 12.6. The van der Waals surface area contributed by atoms with Gasteiger partial charge in [-0.3, -0.25) is 4.98 Å². The highest BCUT2D eigenvalue weighted by molar-refractivity contribution is 6.31. The summed E-state index contributed by atoms with van der Waals surface area (Å²) < 4.78 is 5.39. The highest BCUT2D eigenvalue weighted by Gasteiger charge is 2.10. The van der Waals surface area contributed by atoms with Gasteiger partial charge in [0.1, 0.15) is 0 Å². The van der Waals surface area contributed by atoms with Crippen molar-refractivity contribution in [3.05, 3.63) is 29.0 Å². The average molecular weight is 257 g/mol. The Bertz CT molecular complexity index is 320. The maximum atomic E-state index is 6.11. The zero-order valence-electron chi connectivity index (χ0n) is 10.6. The second kappa shape index (κ2) is 8.45. The molecule has 1 aromatic rings. The largest absolute Gasteiger partial charge is 0.382 e. The zero-order chi connectivity index (χ0) is 12.5. The first-order valence-electron chi connectivity index (χ1n) is 6.17. The van der Waals surface area contributed by atoms with Gasteiger partial charge >= 0.3 is 0 Å². The van der Waals surface area contributed by atoms with E-state index in [1.54, 1.807) is 12.4 Å². The molecule has 0 fully saturated rings. The standard InChI is InChI=1S/C13H21ClN2O/c1-3-16-12(6-8-17-4-2)9-11-5-7-15-10-13(11)14/h5,7,10,12,16H,3-4,6,8-9H2,1-2H3. The van der Waals surface area contributed by atoms with Gasteiger partial charge in [-0.25, -0.2) is 0 Å². The van der Waals surface area contributed by atoms with Gasteiger partial charge in [-0.2, -0.15) is 0 Å². The molecule has 0 aromatic carbocycles. The molecule has 0 amide bonds. The van der Waals surface area contributed by atoms with E-state index in [1.165, 1.54) is 0 Å². The molecule has 0 radical (unpaired) electrons. The number of halogens is 1. The third-order valence-electron chi connectivity index (χ3n) is 2.63. The molecule has 0 spiro atoms. The number of hydrogen-bond donors (Lipinski definition) is 1. The van der Waals surface area contributed by atoms with Crippen LogP contribution < -0.4 is 5.32 Å². The second-order valence-electron chi connectivity index (χ2n) is 3.91. The van der Waals surface area contributed by atoms with Gasteiger partial charge in [0.15, 0.2) is 0 Å². The Labute approximate surface area is 109 Å². The maximum Gasteiger partial charge on any atom is 0.0621 e. The highest BCUT2D eigenvalue weighted by atomic mass is 35.5. The first kappa shape index (κ1) is 14.4. The topological polar surface area (TPSA) is 34.1 Å². The van der Waals surface area contributed by atoms with Gasteiger partial charge in [0.05, 0.1) is 5.02 Å². The Hall–Kier alpha value is -0.640. The first-order chi connectivity index (χ1) is 8.27. The summed E-state index contributed by atoms with van der Waals surface area (Å²) in [7, 11) is 0. The molecule has 0 saturated heterocycles. The molecule has 96 valence electrons. The van der Waals surface area contributed by atoms with Crippen molar-refractivity contribution in [1.82, 2.24) is 10.3 Å². The number of nitrogens with one attached hydrogen (secondary N) is 1. The van der Waals surface area contributed by atoms with Crippen LogP contribution in [0.1, 0.15) is 25.8 Å². The molecule has 0 aliphatic carbocycles. The minimum Gasteiger partial charge on any atom is -0.382 e. The van der Waals surface area contributed by atoms with E-state index in [0.717, 1.165) is 43.2 Å². The molecule has 17 heavy (non-hydrogen) atoms. The molecule has 0 aliphatic heterocycles. The number of pyridine rings is 1. The van der Waals surface area contributed by atoms with Crippen LogP contribution in [0.3, 0.4) is 0 Å². The lowest BCUT2D eigenvalue weighted by Crippen LogP contribution is -2.32. The molecule has 0 bridgehead atoms. The van der Waals surface area contributed by atoms with Gasteiger partial charge in [0.2, 0.25) is 0 Å². The lowest BCUT2D eigenvalue weighted by Gasteiger charge is -2.18. The predicted octanol–water partition coefficient (Wildman–Crippen LogP) is 2.68. The predicted molar refractivity (Wildman–Crippen MR) is 71.5 cm³/mol. The van der Waals surface area contributed by atoms with E-state index in [-0.39, 0.29) is 0 Å². The fourth-order valence-corrected chi connectivity index (χ4v) is 1.97. The van der Waals surface area contributed by atoms with Crippen LogP contribution in [0.15, 0.2) is 18.5 Å². The summed E-state index contributed by atoms with van der Waals surface area (Å²) in [5, 5.41) is 4.20. The van der Waals surface area contributed by atoms with Gasteiger partial charge in [0.25, 0.3) is 0 Å². The molecular formula is C13H21ClN2O. The van der Waals surface area contributed by atoms with Crippen molar-refractivity contribution in [2.75, 3.05) is 19.8 Å². The molecule has 0 aliphatic rings. The molecule has 1 heterocycles. The summed E-state index contributed by atoms with van der Waals surface area (Å²) in [6, 6.07) is 2.39. The number of hydrogen-bond acceptors (Lipinski definition) is 3. The second-order valence-corrected chi connectivity index (χ2v) is 4.32. The van der Waals surface area contributed by atoms with E-state index in [1.807, 2.05) is 13.0 Å². The highest BCUT2D eigenvalue weighted by Crippen LogP contribution is 2.16. The van der Waals surface area contributed by atoms with Crippen LogP contribution in [0.4, 0.5) is 0 Å². The SMILES string of the molecule is CCNC(CCOCC)Cc1ccncc1Cl. The van der Waals surface area contributed by atoms with Crippen LogP contribution in [-0.4, -0.2) is 30.8 Å². The Morgan fingerprint density at radius 3 is 2.94 bits per heavy atom. The summed E-state index contributed by atoms with van der Waals surface area (Å²) in [4.78, 5) is 4.00. The molecule has 1 atom stereocenters. The Balaban J connectivity index is 2.50. The van der Waals surface area contributed by atoms with E-state index in [0.29, 0.717) is 6.04 Å². The van der Waals surface area contributed by atoms with Crippen LogP contribution in [0.5, 0.6) is 0 Å². The third kappa shape index (κ3) is 5.48. The fourth-order valence-electron chi connectivity index (χ4n) is 1.77. The number of aromatic nitrogens is 1. The maximum absolute atomic E-state index is 6.11. The van der Waals surface area contributed by atoms with Gasteiger partial charge in [-0.15, -0.1) is 0 Å². The molecule has 3 nitrogen and oxygen atoms in total. The molecule has 1 rings (SSSR count). The lowest BCUT2D eigenvalue weighted by molar-refractivity contribution is 0.136. The summed E-state index contributed by atoms with van der Waals surface area (Å²) in [5.74, 6) is 0. The molecular weight excluding hydrogens is 236 g/mol. The average Bonchev–Trinajstić information content (AvgIpc) is 2.32. The molecule has 0 saturated carbocycles. The van der Waals surface area contributed by atoms with Crippen LogP contribution >= 0.6 is 11.6 Å². The minimum absolute atomic E-state index is 0.409. The smallest absolute Gasteiger partial charge is 0.0621 e. The van der Waals surface area contributed by atoms with E-state index >= 15 is 0 Å². The minimum atomic E-state index is 0.409. The van der Waals surface area contributed by atoms with Gasteiger partial charge in [0, 0.05) is 31.6 Å². The molecule has 1 N–H and O–H groups in total. The van der Waals surface area contributed by atoms with Crippen LogP contribution in [0, 0.1) is 0 Å². The Morgan fingerprint density at radius 2 is 2.29 bits per heavy atom. The van der Waals surface area contributed by atoms with Gasteiger partial charge in [-0.1, -0.05) is 18.5 Å². The van der Waals surface area contributed by atoms with Crippen molar-refractivity contribution in [2.24, 2.45) is 0 Å². The van der Waals surface area contributed by atoms with E-state index in [4.69, 9.17) is 16.3 Å². The van der Waals surface area contributed by atoms with E-state index in [2.05, 4.69) is 17.2 Å². The monoisotopic (exact) mass is 256 g/mol. The Kier molecular flexibility index (Phi) is 7.17. The summed E-state index contributed by atoms with van der Waals surface area (Å²) in [5.41, 5.74) is 1.14. The first-order valence-corrected chi connectivity index (χ1v) is 6.55. The van der Waals surface area contributed by atoms with Crippen LogP contribution in [0.2, 0.25) is 5.02 Å². The quantitative estimate of drug-likeness (QED) is 0.727. The van der Waals surface area contributed by atoms with Crippen molar-refractivity contribution >= 4 is 11.6 Å². The fraction of sp³-hybridized carbons (Fsp3) is 0.615. The van der Waals surface area contributed by atoms with Crippen molar-refractivity contribution < 1.29 is 4.74 Å². The van der Waals surface area contributed by atoms with Crippen LogP contribution in [-0.2, 0) is 11.2 Å². The van der Waals surface area contributed by atoms with Crippen molar-refractivity contribution in [3.63, 3.8) is 0 Å². The zero-order valence-corrected chi connectivity index (χ0v) is 11.3. The Morgan fingerprint density at radius 1 is 1.47 bits per heavy atom. The number of rotatable bonds is 8. The van der Waals surface area contributed by atoms with Crippen molar-refractivity contribution in [2.45, 2.75) is 32.7 Å². The number of likely N-dealkylation sites (N-methyl/N-ethyl adjacent to an activating group) is 1. The van der Waals surface area contributed by atoms with Gasteiger partial charge < -0.3 is 10.1 Å². The van der Waals surface area contributed by atoms with Gasteiger partial charge in [-0.05, 0) is 37.9 Å². The summed E-state index contributed by atoms with van der Waals surface area (Å²) >= 11 is 6.11.